The van der Waals surface area contributed by atoms with Crippen molar-refractivity contribution < 1.29 is 29.0 Å². The number of imide groups is 1. The second-order valence-corrected chi connectivity index (χ2v) is 12.6. The van der Waals surface area contributed by atoms with Crippen molar-refractivity contribution in [3.05, 3.63) is 104 Å². The number of nitrogens with zero attached hydrogens (tertiary/aromatic N) is 2. The number of phenolic OH excluding ortho intramolecular Hbond substituents is 1. The summed E-state index contributed by atoms with van der Waals surface area (Å²) >= 11 is 2.05. The number of hydrogen-bond acceptors (Lipinski definition) is 9. The van der Waals surface area contributed by atoms with E-state index < -0.39 is 40.8 Å². The summed E-state index contributed by atoms with van der Waals surface area (Å²) in [5, 5.41) is 12.3. The fraction of sp³-hybridized carbons (Fsp3) is 0.219. The number of rotatable bonds is 7. The van der Waals surface area contributed by atoms with Crippen molar-refractivity contribution in [2.24, 2.45) is 5.92 Å². The number of amides is 3. The smallest absolute Gasteiger partial charge is 0.338 e. The molecule has 1 fully saturated rings. The third-order valence-electron chi connectivity index (χ3n) is 7.58. The van der Waals surface area contributed by atoms with Gasteiger partial charge in [0.15, 0.2) is 0 Å². The number of aromatic nitrogens is 1. The average Bonchev–Trinajstić information content (AvgIpc) is 3.45. The molecule has 12 heteroatoms. The summed E-state index contributed by atoms with van der Waals surface area (Å²) in [5.41, 5.74) is 2.88. The molecule has 0 spiro atoms. The van der Waals surface area contributed by atoms with Crippen molar-refractivity contribution in [3.8, 4) is 5.75 Å². The van der Waals surface area contributed by atoms with Gasteiger partial charge in [-0.25, -0.2) is 9.69 Å². The SMILES string of the molecule is CCOC(=O)c1ccc(N2C(=O)C3Sc4c(sc(=O)n4CC(=O)Nc4ccc(C)cc4)C(c4ccc(O)cc4)C3C2=O)cc1. The highest BCUT2D eigenvalue weighted by Gasteiger charge is 2.56. The van der Waals surface area contributed by atoms with Gasteiger partial charge in [0.25, 0.3) is 0 Å². The topological polar surface area (TPSA) is 135 Å². The molecule has 3 unspecified atom stereocenters. The van der Waals surface area contributed by atoms with Crippen LogP contribution in [0, 0.1) is 12.8 Å². The maximum atomic E-state index is 14.0. The van der Waals surface area contributed by atoms with Crippen LogP contribution >= 0.6 is 23.1 Å². The lowest BCUT2D eigenvalue weighted by atomic mass is 9.83. The molecule has 6 rings (SSSR count). The quantitative estimate of drug-likeness (QED) is 0.225. The number of hydrogen-bond donors (Lipinski definition) is 2. The highest BCUT2D eigenvalue weighted by molar-refractivity contribution is 8.00. The first kappa shape index (κ1) is 29.4. The number of thiazole rings is 1. The number of thioether (sulfide) groups is 1. The number of aryl methyl sites for hydroxylation is 1. The van der Waals surface area contributed by atoms with Gasteiger partial charge in [0.1, 0.15) is 17.5 Å². The molecule has 0 aliphatic carbocycles. The predicted octanol–water partition coefficient (Wildman–Crippen LogP) is 4.54. The van der Waals surface area contributed by atoms with Crippen molar-refractivity contribution in [2.45, 2.75) is 36.6 Å². The Labute approximate surface area is 260 Å². The molecule has 0 saturated carbocycles. The largest absolute Gasteiger partial charge is 0.508 e. The van der Waals surface area contributed by atoms with Crippen molar-refractivity contribution >= 4 is 58.2 Å². The number of carbonyl (C=O) groups is 4. The number of benzene rings is 3. The van der Waals surface area contributed by atoms with Gasteiger partial charge in [-0.1, -0.05) is 52.9 Å². The third kappa shape index (κ3) is 5.31. The van der Waals surface area contributed by atoms with Gasteiger partial charge in [0.05, 0.1) is 28.8 Å². The Hall–Kier alpha value is -4.68. The lowest BCUT2D eigenvalue weighted by Gasteiger charge is -2.30. The standard InChI is InChI=1S/C32H27N3O7S2/c1-3-42-31(40)19-6-12-21(13-7-19)35-28(38)25-24(18-8-14-22(36)15-9-18)27-30(43-26(25)29(35)39)34(32(41)44-27)16-23(37)33-20-10-4-17(2)5-11-20/h4-15,24-26,36H,3,16H2,1-2H3,(H,33,37). The fourth-order valence-electron chi connectivity index (χ4n) is 5.49. The van der Waals surface area contributed by atoms with Crippen molar-refractivity contribution in [2.75, 3.05) is 16.8 Å². The molecule has 3 heterocycles. The Morgan fingerprint density at radius 2 is 1.61 bits per heavy atom. The first-order valence-electron chi connectivity index (χ1n) is 13.9. The van der Waals surface area contributed by atoms with E-state index in [2.05, 4.69) is 5.32 Å². The van der Waals surface area contributed by atoms with Crippen LogP contribution in [0.3, 0.4) is 0 Å². The van der Waals surface area contributed by atoms with Crippen LogP contribution in [-0.2, 0) is 25.7 Å². The molecular weight excluding hydrogens is 603 g/mol. The minimum absolute atomic E-state index is 0.0337. The van der Waals surface area contributed by atoms with E-state index in [4.69, 9.17) is 4.74 Å². The number of ether oxygens (including phenoxy) is 1. The molecule has 3 amide bonds. The molecule has 0 bridgehead atoms. The molecule has 1 aromatic heterocycles. The van der Waals surface area contributed by atoms with Gasteiger partial charge in [-0.05, 0) is 67.9 Å². The van der Waals surface area contributed by atoms with E-state index in [9.17, 15) is 29.1 Å². The molecule has 3 aromatic carbocycles. The maximum absolute atomic E-state index is 14.0. The van der Waals surface area contributed by atoms with Crippen LogP contribution in [0.25, 0.3) is 0 Å². The molecule has 10 nitrogen and oxygen atoms in total. The van der Waals surface area contributed by atoms with Crippen molar-refractivity contribution in [1.29, 1.82) is 0 Å². The van der Waals surface area contributed by atoms with E-state index in [-0.39, 0.29) is 23.8 Å². The Kier molecular flexibility index (Phi) is 7.87. The zero-order valence-corrected chi connectivity index (χ0v) is 25.3. The van der Waals surface area contributed by atoms with Crippen LogP contribution in [0.1, 0.15) is 39.2 Å². The van der Waals surface area contributed by atoms with E-state index in [0.717, 1.165) is 33.6 Å². The van der Waals surface area contributed by atoms with Crippen LogP contribution in [-0.4, -0.2) is 45.2 Å². The number of aromatic hydroxyl groups is 1. The minimum Gasteiger partial charge on any atom is -0.508 e. The second kappa shape index (κ2) is 11.8. The zero-order chi connectivity index (χ0) is 31.1. The van der Waals surface area contributed by atoms with E-state index in [1.165, 1.54) is 41.0 Å². The summed E-state index contributed by atoms with van der Waals surface area (Å²) in [6.45, 7) is 3.58. The molecule has 1 saturated heterocycles. The number of fused-ring (bicyclic) bond motifs is 2. The summed E-state index contributed by atoms with van der Waals surface area (Å²) in [4.78, 5) is 67.7. The summed E-state index contributed by atoms with van der Waals surface area (Å²) in [7, 11) is 0. The third-order valence-corrected chi connectivity index (χ3v) is 10.2. The lowest BCUT2D eigenvalue weighted by Crippen LogP contribution is -2.33. The number of esters is 1. The van der Waals surface area contributed by atoms with Gasteiger partial charge in [-0.3, -0.25) is 23.7 Å². The van der Waals surface area contributed by atoms with Gasteiger partial charge >= 0.3 is 10.8 Å². The molecule has 0 radical (unpaired) electrons. The average molecular weight is 630 g/mol. The predicted molar refractivity (Wildman–Crippen MR) is 166 cm³/mol. The fourth-order valence-corrected chi connectivity index (χ4v) is 8.27. The molecule has 3 atom stereocenters. The summed E-state index contributed by atoms with van der Waals surface area (Å²) in [6, 6.07) is 19.7. The lowest BCUT2D eigenvalue weighted by molar-refractivity contribution is -0.122. The minimum atomic E-state index is -0.876. The molecule has 2 N–H and O–H groups in total. The Bertz CT molecular complexity index is 1830. The van der Waals surface area contributed by atoms with Gasteiger partial charge in [0.2, 0.25) is 17.7 Å². The summed E-state index contributed by atoms with van der Waals surface area (Å²) in [5.74, 6) is -3.30. The molecule has 44 heavy (non-hydrogen) atoms. The molecular formula is C32H27N3O7S2. The maximum Gasteiger partial charge on any atom is 0.338 e. The summed E-state index contributed by atoms with van der Waals surface area (Å²) < 4.78 is 6.39. The van der Waals surface area contributed by atoms with Gasteiger partial charge in [0, 0.05) is 16.5 Å². The van der Waals surface area contributed by atoms with Gasteiger partial charge < -0.3 is 15.2 Å². The number of phenols is 1. The van der Waals surface area contributed by atoms with Crippen LogP contribution < -0.4 is 15.1 Å². The normalized spacial score (nSPS) is 19.0. The van der Waals surface area contributed by atoms with Crippen LogP contribution in [0.4, 0.5) is 11.4 Å². The van der Waals surface area contributed by atoms with Crippen LogP contribution in [0.5, 0.6) is 5.75 Å². The van der Waals surface area contributed by atoms with Gasteiger partial charge in [-0.15, -0.1) is 0 Å². The molecule has 2 aliphatic rings. The molecule has 2 aliphatic heterocycles. The molecule has 224 valence electrons. The number of carbonyl (C=O) groups excluding carboxylic acids is 4. The van der Waals surface area contributed by atoms with E-state index in [1.807, 2.05) is 19.1 Å². The van der Waals surface area contributed by atoms with Gasteiger partial charge in [-0.2, -0.15) is 0 Å². The first-order valence-corrected chi connectivity index (χ1v) is 15.6. The van der Waals surface area contributed by atoms with Crippen molar-refractivity contribution in [1.82, 2.24) is 4.57 Å². The summed E-state index contributed by atoms with van der Waals surface area (Å²) in [6.07, 6.45) is 0. The van der Waals surface area contributed by atoms with E-state index >= 15 is 0 Å². The van der Waals surface area contributed by atoms with Crippen molar-refractivity contribution in [3.63, 3.8) is 0 Å². The van der Waals surface area contributed by atoms with E-state index in [0.29, 0.717) is 32.4 Å². The number of nitrogens with one attached hydrogen (secondary N) is 1. The number of anilines is 2. The Morgan fingerprint density at radius 1 is 0.932 bits per heavy atom. The van der Waals surface area contributed by atoms with Crippen LogP contribution in [0.15, 0.2) is 82.6 Å². The monoisotopic (exact) mass is 629 g/mol. The Morgan fingerprint density at radius 3 is 2.27 bits per heavy atom. The van der Waals surface area contributed by atoms with E-state index in [1.54, 1.807) is 31.2 Å². The first-order chi connectivity index (χ1) is 21.2. The molecule has 4 aromatic rings. The zero-order valence-electron chi connectivity index (χ0n) is 23.7. The van der Waals surface area contributed by atoms with Crippen LogP contribution in [0.2, 0.25) is 0 Å². The second-order valence-electron chi connectivity index (χ2n) is 10.5. The Balaban J connectivity index is 1.36. The highest BCUT2D eigenvalue weighted by atomic mass is 32.2. The highest BCUT2D eigenvalue weighted by Crippen LogP contribution is 2.54.